The van der Waals surface area contributed by atoms with E-state index in [1.807, 2.05) is 0 Å². The van der Waals surface area contributed by atoms with E-state index in [1.54, 1.807) is 0 Å². The summed E-state index contributed by atoms with van der Waals surface area (Å²) in [6.07, 6.45) is 5.68. The molecule has 0 spiro atoms. The summed E-state index contributed by atoms with van der Waals surface area (Å²) in [5, 5.41) is 3.68. The molecule has 1 saturated carbocycles. The van der Waals surface area contributed by atoms with E-state index in [1.165, 1.54) is 45.3 Å². The van der Waals surface area contributed by atoms with Gasteiger partial charge in [-0.3, -0.25) is 4.90 Å². The Balaban J connectivity index is 1.75. The quantitative estimate of drug-likeness (QED) is 0.810. The van der Waals surface area contributed by atoms with Crippen LogP contribution in [0.3, 0.4) is 0 Å². The molecule has 2 aliphatic rings. The molecule has 0 aromatic rings. The average molecular weight is 238 g/mol. The molecule has 0 radical (unpaired) electrons. The molecule has 2 rings (SSSR count). The molecule has 3 atom stereocenters. The van der Waals surface area contributed by atoms with Gasteiger partial charge in [0.15, 0.2) is 0 Å². The third-order valence-electron chi connectivity index (χ3n) is 4.64. The van der Waals surface area contributed by atoms with E-state index >= 15 is 0 Å². The topological polar surface area (TPSA) is 15.3 Å². The van der Waals surface area contributed by atoms with E-state index < -0.39 is 0 Å². The number of rotatable bonds is 4. The highest BCUT2D eigenvalue weighted by Gasteiger charge is 2.38. The number of hydrogen-bond donors (Lipinski definition) is 1. The third-order valence-corrected chi connectivity index (χ3v) is 4.64. The van der Waals surface area contributed by atoms with Gasteiger partial charge in [-0.1, -0.05) is 13.3 Å². The molecule has 1 saturated heterocycles. The molecule has 0 bridgehead atoms. The van der Waals surface area contributed by atoms with Gasteiger partial charge in [-0.2, -0.15) is 0 Å². The SMILES string of the molecule is CCC1CCN(C2CCC2CNC(C)(C)C)C1. The lowest BCUT2D eigenvalue weighted by Crippen LogP contribution is -2.52. The minimum atomic E-state index is 0.275. The van der Waals surface area contributed by atoms with Crippen molar-refractivity contribution in [3.8, 4) is 0 Å². The maximum atomic E-state index is 3.68. The van der Waals surface area contributed by atoms with Crippen LogP contribution in [0.1, 0.15) is 53.4 Å². The monoisotopic (exact) mass is 238 g/mol. The number of nitrogens with zero attached hydrogens (tertiary/aromatic N) is 1. The summed E-state index contributed by atoms with van der Waals surface area (Å²) < 4.78 is 0. The molecule has 17 heavy (non-hydrogen) atoms. The Bertz CT molecular complexity index is 244. The van der Waals surface area contributed by atoms with Crippen LogP contribution in [0.15, 0.2) is 0 Å². The van der Waals surface area contributed by atoms with Crippen molar-refractivity contribution in [3.63, 3.8) is 0 Å². The molecule has 2 heteroatoms. The summed E-state index contributed by atoms with van der Waals surface area (Å²) in [4.78, 5) is 2.77. The highest BCUT2D eigenvalue weighted by Crippen LogP contribution is 2.35. The van der Waals surface area contributed by atoms with Gasteiger partial charge < -0.3 is 5.32 Å². The smallest absolute Gasteiger partial charge is 0.0136 e. The maximum Gasteiger partial charge on any atom is 0.0136 e. The molecule has 0 amide bonds. The summed E-state index contributed by atoms with van der Waals surface area (Å²) in [7, 11) is 0. The van der Waals surface area contributed by atoms with Crippen molar-refractivity contribution in [1.82, 2.24) is 10.2 Å². The fourth-order valence-corrected chi connectivity index (χ4v) is 3.20. The van der Waals surface area contributed by atoms with E-state index in [-0.39, 0.29) is 5.54 Å². The van der Waals surface area contributed by atoms with Crippen molar-refractivity contribution in [2.45, 2.75) is 65.0 Å². The molecule has 2 fully saturated rings. The van der Waals surface area contributed by atoms with Crippen molar-refractivity contribution in [2.24, 2.45) is 11.8 Å². The van der Waals surface area contributed by atoms with E-state index in [2.05, 4.69) is 37.9 Å². The van der Waals surface area contributed by atoms with Crippen LogP contribution in [-0.2, 0) is 0 Å². The van der Waals surface area contributed by atoms with Gasteiger partial charge in [0.2, 0.25) is 0 Å². The van der Waals surface area contributed by atoms with Crippen molar-refractivity contribution in [1.29, 1.82) is 0 Å². The highest BCUT2D eigenvalue weighted by atomic mass is 15.2. The third kappa shape index (κ3) is 3.45. The van der Waals surface area contributed by atoms with Gasteiger partial charge in [0.05, 0.1) is 0 Å². The Morgan fingerprint density at radius 2 is 1.94 bits per heavy atom. The van der Waals surface area contributed by atoms with Crippen LogP contribution in [0.25, 0.3) is 0 Å². The van der Waals surface area contributed by atoms with Crippen LogP contribution in [0, 0.1) is 11.8 Å². The van der Waals surface area contributed by atoms with Crippen molar-refractivity contribution in [3.05, 3.63) is 0 Å². The minimum Gasteiger partial charge on any atom is -0.312 e. The average Bonchev–Trinajstić information content (AvgIpc) is 2.62. The predicted molar refractivity (Wildman–Crippen MR) is 74.2 cm³/mol. The fraction of sp³-hybridized carbons (Fsp3) is 1.00. The second-order valence-corrected chi connectivity index (χ2v) is 7.09. The molecular formula is C15H30N2. The van der Waals surface area contributed by atoms with Gasteiger partial charge in [-0.05, 0) is 65.0 Å². The predicted octanol–water partition coefficient (Wildman–Crippen LogP) is 2.89. The number of hydrogen-bond acceptors (Lipinski definition) is 2. The van der Waals surface area contributed by atoms with Gasteiger partial charge >= 0.3 is 0 Å². The van der Waals surface area contributed by atoms with Gasteiger partial charge in [-0.15, -0.1) is 0 Å². The van der Waals surface area contributed by atoms with Crippen molar-refractivity contribution in [2.75, 3.05) is 19.6 Å². The summed E-state index contributed by atoms with van der Waals surface area (Å²) >= 11 is 0. The van der Waals surface area contributed by atoms with Crippen LogP contribution in [0.5, 0.6) is 0 Å². The first-order valence-electron chi connectivity index (χ1n) is 7.48. The summed E-state index contributed by atoms with van der Waals surface area (Å²) in [6.45, 7) is 13.1. The zero-order valence-corrected chi connectivity index (χ0v) is 12.1. The Kier molecular flexibility index (Phi) is 4.14. The molecule has 1 N–H and O–H groups in total. The van der Waals surface area contributed by atoms with Crippen molar-refractivity contribution < 1.29 is 0 Å². The first-order chi connectivity index (χ1) is 7.99. The highest BCUT2D eigenvalue weighted by molar-refractivity contribution is 4.93. The summed E-state index contributed by atoms with van der Waals surface area (Å²) in [6, 6.07) is 0.890. The minimum absolute atomic E-state index is 0.275. The Morgan fingerprint density at radius 1 is 1.18 bits per heavy atom. The first-order valence-corrected chi connectivity index (χ1v) is 7.48. The molecule has 100 valence electrons. The normalized spacial score (nSPS) is 34.9. The lowest BCUT2D eigenvalue weighted by atomic mass is 9.78. The fourth-order valence-electron chi connectivity index (χ4n) is 3.20. The van der Waals surface area contributed by atoms with Crippen LogP contribution < -0.4 is 5.32 Å². The Labute approximate surface area is 107 Å². The van der Waals surface area contributed by atoms with Crippen LogP contribution in [-0.4, -0.2) is 36.1 Å². The molecule has 3 unspecified atom stereocenters. The summed E-state index contributed by atoms with van der Waals surface area (Å²) in [5.41, 5.74) is 0.275. The van der Waals surface area contributed by atoms with Crippen LogP contribution in [0.4, 0.5) is 0 Å². The van der Waals surface area contributed by atoms with Crippen molar-refractivity contribution >= 4 is 0 Å². The number of nitrogens with one attached hydrogen (secondary N) is 1. The Morgan fingerprint density at radius 3 is 2.41 bits per heavy atom. The van der Waals surface area contributed by atoms with Gasteiger partial charge in [0.1, 0.15) is 0 Å². The molecular weight excluding hydrogens is 208 g/mol. The zero-order valence-electron chi connectivity index (χ0n) is 12.1. The molecule has 1 aliphatic heterocycles. The molecule has 0 aromatic carbocycles. The van der Waals surface area contributed by atoms with E-state index in [0.29, 0.717) is 0 Å². The standard InChI is InChI=1S/C15H30N2/c1-5-12-8-9-17(11-12)14-7-6-13(14)10-16-15(2,3)4/h12-14,16H,5-11H2,1-4H3. The largest absolute Gasteiger partial charge is 0.312 e. The molecule has 1 aliphatic carbocycles. The molecule has 0 aromatic heterocycles. The zero-order chi connectivity index (χ0) is 12.5. The van der Waals surface area contributed by atoms with E-state index in [9.17, 15) is 0 Å². The summed E-state index contributed by atoms with van der Waals surface area (Å²) in [5.74, 6) is 1.89. The van der Waals surface area contributed by atoms with Crippen LogP contribution in [0.2, 0.25) is 0 Å². The first kappa shape index (κ1) is 13.4. The van der Waals surface area contributed by atoms with Crippen LogP contribution >= 0.6 is 0 Å². The van der Waals surface area contributed by atoms with Gasteiger partial charge in [0.25, 0.3) is 0 Å². The van der Waals surface area contributed by atoms with E-state index in [0.717, 1.165) is 17.9 Å². The lowest BCUT2D eigenvalue weighted by Gasteiger charge is -2.44. The molecule has 2 nitrogen and oxygen atoms in total. The second-order valence-electron chi connectivity index (χ2n) is 7.09. The lowest BCUT2D eigenvalue weighted by molar-refractivity contribution is 0.0746. The Hall–Kier alpha value is -0.0800. The van der Waals surface area contributed by atoms with Gasteiger partial charge in [-0.25, -0.2) is 0 Å². The number of likely N-dealkylation sites (tertiary alicyclic amines) is 1. The second kappa shape index (κ2) is 5.27. The van der Waals surface area contributed by atoms with Gasteiger partial charge in [0, 0.05) is 18.1 Å². The van der Waals surface area contributed by atoms with E-state index in [4.69, 9.17) is 0 Å². The molecule has 1 heterocycles. The maximum absolute atomic E-state index is 3.68.